The van der Waals surface area contributed by atoms with Gasteiger partial charge in [-0.25, -0.2) is 4.98 Å². The molecule has 0 atom stereocenters. The zero-order valence-corrected chi connectivity index (χ0v) is 10.8. The number of aromatic nitrogens is 1. The van der Waals surface area contributed by atoms with Crippen LogP contribution in [0.5, 0.6) is 0 Å². The number of nitrogens with one attached hydrogen (secondary N) is 1. The predicted octanol–water partition coefficient (Wildman–Crippen LogP) is 4.37. The van der Waals surface area contributed by atoms with Crippen molar-refractivity contribution in [3.8, 4) is 0 Å². The van der Waals surface area contributed by atoms with Crippen LogP contribution in [0.4, 0.5) is 17.2 Å². The topological polar surface area (TPSA) is 50.9 Å². The molecule has 0 saturated carbocycles. The third-order valence-corrected chi connectivity index (χ3v) is 2.77. The van der Waals surface area contributed by atoms with Gasteiger partial charge in [-0.3, -0.25) is 0 Å². The molecule has 1 aromatic heterocycles. The van der Waals surface area contributed by atoms with Crippen LogP contribution in [0.2, 0.25) is 15.2 Å². The number of hydrogen-bond donors (Lipinski definition) is 2. The first-order valence-electron chi connectivity index (χ1n) is 4.70. The molecule has 6 heteroatoms. The van der Waals surface area contributed by atoms with Gasteiger partial charge in [0, 0.05) is 16.8 Å². The van der Waals surface area contributed by atoms with E-state index in [1.807, 2.05) is 0 Å². The van der Waals surface area contributed by atoms with E-state index in [2.05, 4.69) is 10.3 Å². The molecule has 0 amide bonds. The molecule has 0 unspecified atom stereocenters. The van der Waals surface area contributed by atoms with Crippen LogP contribution in [-0.2, 0) is 0 Å². The highest BCUT2D eigenvalue weighted by Gasteiger charge is 2.04. The van der Waals surface area contributed by atoms with E-state index in [0.29, 0.717) is 32.4 Å². The maximum Gasteiger partial charge on any atom is 0.134 e. The summed E-state index contributed by atoms with van der Waals surface area (Å²) in [5.74, 6) is 0.513. The third-order valence-electron chi connectivity index (χ3n) is 2.01. The molecular weight excluding hydrogens is 281 g/mol. The maximum atomic E-state index is 6.01. The second-order valence-corrected chi connectivity index (χ2v) is 4.59. The van der Waals surface area contributed by atoms with Crippen molar-refractivity contribution in [2.24, 2.45) is 0 Å². The van der Waals surface area contributed by atoms with Crippen molar-refractivity contribution >= 4 is 52.0 Å². The van der Waals surface area contributed by atoms with Gasteiger partial charge in [-0.15, -0.1) is 0 Å². The van der Waals surface area contributed by atoms with Gasteiger partial charge in [0.05, 0.1) is 10.7 Å². The summed E-state index contributed by atoms with van der Waals surface area (Å²) in [5, 5.41) is 4.43. The molecule has 2 aromatic rings. The van der Waals surface area contributed by atoms with Crippen LogP contribution in [0, 0.1) is 0 Å². The van der Waals surface area contributed by atoms with Crippen molar-refractivity contribution in [1.82, 2.24) is 4.98 Å². The first-order valence-corrected chi connectivity index (χ1v) is 5.83. The van der Waals surface area contributed by atoms with Gasteiger partial charge in [0.25, 0.3) is 0 Å². The van der Waals surface area contributed by atoms with E-state index >= 15 is 0 Å². The lowest BCUT2D eigenvalue weighted by Crippen LogP contribution is -1.96. The van der Waals surface area contributed by atoms with E-state index in [4.69, 9.17) is 40.5 Å². The van der Waals surface area contributed by atoms with Crippen LogP contribution in [0.3, 0.4) is 0 Å². The molecule has 1 aromatic carbocycles. The molecule has 2 rings (SSSR count). The highest BCUT2D eigenvalue weighted by atomic mass is 35.5. The first-order chi connectivity index (χ1) is 8.04. The number of rotatable bonds is 2. The van der Waals surface area contributed by atoms with Gasteiger partial charge in [-0.05, 0) is 24.3 Å². The van der Waals surface area contributed by atoms with Gasteiger partial charge in [0.15, 0.2) is 0 Å². The van der Waals surface area contributed by atoms with Gasteiger partial charge in [-0.1, -0.05) is 34.8 Å². The average Bonchev–Trinajstić information content (AvgIpc) is 2.22. The highest BCUT2D eigenvalue weighted by Crippen LogP contribution is 2.28. The Bertz CT molecular complexity index is 537. The second kappa shape index (κ2) is 5.00. The summed E-state index contributed by atoms with van der Waals surface area (Å²) in [6.07, 6.45) is 0. The molecule has 0 fully saturated rings. The minimum Gasteiger partial charge on any atom is -0.399 e. The fraction of sp³-hybridized carbons (Fsp3) is 0. The Morgan fingerprint density at radius 3 is 2.53 bits per heavy atom. The molecule has 0 aliphatic heterocycles. The number of nitrogens with two attached hydrogens (primary N) is 1. The zero-order valence-electron chi connectivity index (χ0n) is 8.55. The number of nitrogens with zero attached hydrogens (tertiary/aromatic N) is 1. The Morgan fingerprint density at radius 2 is 1.82 bits per heavy atom. The quantitative estimate of drug-likeness (QED) is 0.807. The molecule has 1 heterocycles. The van der Waals surface area contributed by atoms with E-state index in [1.54, 1.807) is 30.3 Å². The van der Waals surface area contributed by atoms with Crippen LogP contribution in [-0.4, -0.2) is 4.98 Å². The van der Waals surface area contributed by atoms with Crippen molar-refractivity contribution < 1.29 is 0 Å². The van der Waals surface area contributed by atoms with Crippen LogP contribution >= 0.6 is 34.8 Å². The van der Waals surface area contributed by atoms with E-state index in [0.717, 1.165) is 0 Å². The Morgan fingerprint density at radius 1 is 1.06 bits per heavy atom. The molecule has 0 aliphatic carbocycles. The summed E-state index contributed by atoms with van der Waals surface area (Å²) in [4.78, 5) is 4.07. The van der Waals surface area contributed by atoms with Crippen LogP contribution in [0.25, 0.3) is 0 Å². The number of halogens is 3. The maximum absolute atomic E-state index is 6.01. The molecule has 17 heavy (non-hydrogen) atoms. The van der Waals surface area contributed by atoms with Gasteiger partial charge in [0.1, 0.15) is 11.0 Å². The van der Waals surface area contributed by atoms with E-state index < -0.39 is 0 Å². The molecule has 0 aliphatic rings. The monoisotopic (exact) mass is 287 g/mol. The van der Waals surface area contributed by atoms with E-state index in [9.17, 15) is 0 Å². The van der Waals surface area contributed by atoms with E-state index in [1.165, 1.54) is 0 Å². The van der Waals surface area contributed by atoms with Crippen LogP contribution < -0.4 is 11.1 Å². The zero-order chi connectivity index (χ0) is 12.4. The van der Waals surface area contributed by atoms with Gasteiger partial charge in [-0.2, -0.15) is 0 Å². The molecule has 0 spiro atoms. The fourth-order valence-electron chi connectivity index (χ4n) is 1.31. The minimum atomic E-state index is 0.311. The molecule has 3 nitrogen and oxygen atoms in total. The normalized spacial score (nSPS) is 10.3. The Kier molecular flexibility index (Phi) is 3.62. The summed E-state index contributed by atoms with van der Waals surface area (Å²) in [6, 6.07) is 8.31. The molecule has 0 bridgehead atoms. The largest absolute Gasteiger partial charge is 0.399 e. The number of benzene rings is 1. The first kappa shape index (κ1) is 12.3. The fourth-order valence-corrected chi connectivity index (χ4v) is 1.87. The Labute approximate surface area is 114 Å². The molecule has 0 saturated heterocycles. The lowest BCUT2D eigenvalue weighted by Gasteiger charge is -2.09. The average molecular weight is 289 g/mol. The van der Waals surface area contributed by atoms with Crippen molar-refractivity contribution in [3.05, 3.63) is 45.5 Å². The summed E-state index contributed by atoms with van der Waals surface area (Å²) in [5.41, 5.74) is 6.82. The predicted molar refractivity (Wildman–Crippen MR) is 73.4 cm³/mol. The summed E-state index contributed by atoms with van der Waals surface area (Å²) >= 11 is 17.7. The number of nitrogen functional groups attached to an aromatic ring is 1. The molecule has 88 valence electrons. The number of hydrogen-bond acceptors (Lipinski definition) is 3. The SMILES string of the molecule is Nc1cc(Cl)nc(Nc2cc(Cl)ccc2Cl)c1. The van der Waals surface area contributed by atoms with Crippen LogP contribution in [0.1, 0.15) is 0 Å². The number of anilines is 3. The van der Waals surface area contributed by atoms with Crippen molar-refractivity contribution in [3.63, 3.8) is 0 Å². The molecular formula is C11H8Cl3N3. The summed E-state index contributed by atoms with van der Waals surface area (Å²) in [7, 11) is 0. The standard InChI is InChI=1S/C11H8Cl3N3/c12-6-1-2-8(13)9(3-6)16-11-5-7(15)4-10(14)17-11/h1-5H,(H3,15,16,17). The van der Waals surface area contributed by atoms with Crippen molar-refractivity contribution in [2.45, 2.75) is 0 Å². The van der Waals surface area contributed by atoms with Gasteiger partial charge >= 0.3 is 0 Å². The van der Waals surface area contributed by atoms with Crippen molar-refractivity contribution in [2.75, 3.05) is 11.1 Å². The molecule has 3 N–H and O–H groups in total. The van der Waals surface area contributed by atoms with Gasteiger partial charge in [0.2, 0.25) is 0 Å². The number of pyridine rings is 1. The minimum absolute atomic E-state index is 0.311. The lowest BCUT2D eigenvalue weighted by molar-refractivity contribution is 1.31. The summed E-state index contributed by atoms with van der Waals surface area (Å²) in [6.45, 7) is 0. The second-order valence-electron chi connectivity index (χ2n) is 3.36. The van der Waals surface area contributed by atoms with Crippen molar-refractivity contribution in [1.29, 1.82) is 0 Å². The Balaban J connectivity index is 2.34. The molecule has 0 radical (unpaired) electrons. The third kappa shape index (κ3) is 3.16. The Hall–Kier alpha value is -1.16. The smallest absolute Gasteiger partial charge is 0.134 e. The highest BCUT2D eigenvalue weighted by molar-refractivity contribution is 6.35. The van der Waals surface area contributed by atoms with Crippen LogP contribution in [0.15, 0.2) is 30.3 Å². The van der Waals surface area contributed by atoms with Gasteiger partial charge < -0.3 is 11.1 Å². The lowest BCUT2D eigenvalue weighted by atomic mass is 10.3. The summed E-state index contributed by atoms with van der Waals surface area (Å²) < 4.78 is 0. The van der Waals surface area contributed by atoms with E-state index in [-0.39, 0.29) is 0 Å².